The Kier molecular flexibility index (Phi) is 3.83. The van der Waals surface area contributed by atoms with Crippen molar-refractivity contribution < 1.29 is 9.63 Å². The van der Waals surface area contributed by atoms with Gasteiger partial charge in [0.15, 0.2) is 0 Å². The van der Waals surface area contributed by atoms with Crippen LogP contribution in [-0.2, 0) is 9.63 Å². The molecular weight excluding hydrogens is 300 g/mol. The molecule has 6 nitrogen and oxygen atoms in total. The Bertz CT molecular complexity index is 594. The first-order valence-corrected chi connectivity index (χ1v) is 5.84. The van der Waals surface area contributed by atoms with Crippen LogP contribution in [0.4, 0.5) is 0 Å². The molecular formula is C11H9BrN4O2. The summed E-state index contributed by atoms with van der Waals surface area (Å²) in [7, 11) is 0. The number of hydrogen-bond acceptors (Lipinski definition) is 5. The third-order valence-electron chi connectivity index (χ3n) is 1.94. The lowest BCUT2D eigenvalue weighted by atomic mass is 10.3. The molecule has 1 aromatic carbocycles. The molecule has 0 amide bonds. The highest BCUT2D eigenvalue weighted by Crippen LogP contribution is 2.18. The topological polar surface area (TPSA) is 69.4 Å². The molecule has 0 N–H and O–H groups in total. The van der Waals surface area contributed by atoms with Gasteiger partial charge in [-0.25, -0.2) is 4.79 Å². The van der Waals surface area contributed by atoms with Gasteiger partial charge in [-0.2, -0.15) is 5.10 Å². The van der Waals surface area contributed by atoms with E-state index in [0.717, 1.165) is 10.2 Å². The molecule has 0 fully saturated rings. The molecule has 0 saturated heterocycles. The van der Waals surface area contributed by atoms with E-state index in [9.17, 15) is 4.79 Å². The van der Waals surface area contributed by atoms with Crippen LogP contribution in [0.3, 0.4) is 0 Å². The van der Waals surface area contributed by atoms with E-state index < -0.39 is 5.97 Å². The molecule has 2 rings (SSSR count). The molecule has 0 aliphatic heterocycles. The minimum atomic E-state index is -0.482. The molecule has 0 aliphatic rings. The van der Waals surface area contributed by atoms with Gasteiger partial charge in [0.05, 0.1) is 18.1 Å². The number of rotatable bonds is 3. The van der Waals surface area contributed by atoms with E-state index in [2.05, 4.69) is 36.1 Å². The molecule has 0 radical (unpaired) electrons. The Labute approximate surface area is 111 Å². The van der Waals surface area contributed by atoms with Crippen LogP contribution in [0.1, 0.15) is 12.6 Å². The van der Waals surface area contributed by atoms with E-state index in [0.29, 0.717) is 5.69 Å². The fraction of sp³-hybridized carbons (Fsp3) is 0.0909. The van der Waals surface area contributed by atoms with Crippen LogP contribution in [0.2, 0.25) is 0 Å². The molecule has 0 spiro atoms. The van der Waals surface area contributed by atoms with Gasteiger partial charge < -0.3 is 4.84 Å². The van der Waals surface area contributed by atoms with E-state index in [4.69, 9.17) is 0 Å². The van der Waals surface area contributed by atoms with Crippen molar-refractivity contribution in [1.82, 2.24) is 15.0 Å². The first-order chi connectivity index (χ1) is 8.66. The van der Waals surface area contributed by atoms with Crippen molar-refractivity contribution in [3.8, 4) is 5.69 Å². The molecule has 0 saturated carbocycles. The number of carbonyl (C=O) groups excluding carboxylic acids is 1. The summed E-state index contributed by atoms with van der Waals surface area (Å²) in [6.07, 6.45) is 2.84. The van der Waals surface area contributed by atoms with Gasteiger partial charge in [-0.1, -0.05) is 17.3 Å². The summed E-state index contributed by atoms with van der Waals surface area (Å²) in [6.45, 7) is 1.27. The molecule has 0 bridgehead atoms. The lowest BCUT2D eigenvalue weighted by Crippen LogP contribution is -2.00. The maximum atomic E-state index is 10.5. The Morgan fingerprint density at radius 1 is 1.50 bits per heavy atom. The maximum absolute atomic E-state index is 10.5. The molecule has 0 unspecified atom stereocenters. The molecule has 92 valence electrons. The highest BCUT2D eigenvalue weighted by Gasteiger charge is 2.04. The number of nitrogens with zero attached hydrogens (tertiary/aromatic N) is 4. The SMILES string of the molecule is CC(=O)O/N=C/c1cnn(-c2ccccc2Br)n1. The Morgan fingerprint density at radius 3 is 3.00 bits per heavy atom. The molecule has 1 heterocycles. The maximum Gasteiger partial charge on any atom is 0.331 e. The third kappa shape index (κ3) is 3.01. The molecule has 2 aromatic rings. The summed E-state index contributed by atoms with van der Waals surface area (Å²) >= 11 is 3.41. The Balaban J connectivity index is 2.18. The quantitative estimate of drug-likeness (QED) is 0.493. The fourth-order valence-electron chi connectivity index (χ4n) is 1.22. The van der Waals surface area contributed by atoms with E-state index in [1.807, 2.05) is 24.3 Å². The number of benzene rings is 1. The van der Waals surface area contributed by atoms with Crippen molar-refractivity contribution in [3.63, 3.8) is 0 Å². The zero-order valence-corrected chi connectivity index (χ0v) is 11.0. The van der Waals surface area contributed by atoms with E-state index in [1.165, 1.54) is 24.1 Å². The highest BCUT2D eigenvalue weighted by molar-refractivity contribution is 9.10. The van der Waals surface area contributed by atoms with Gasteiger partial charge in [0.25, 0.3) is 0 Å². The predicted octanol–water partition coefficient (Wildman–Crippen LogP) is 1.93. The van der Waals surface area contributed by atoms with Gasteiger partial charge in [0.1, 0.15) is 5.69 Å². The van der Waals surface area contributed by atoms with Gasteiger partial charge in [0, 0.05) is 11.4 Å². The van der Waals surface area contributed by atoms with Crippen LogP contribution in [0.15, 0.2) is 40.1 Å². The second kappa shape index (κ2) is 5.54. The summed E-state index contributed by atoms with van der Waals surface area (Å²) in [6, 6.07) is 7.55. The third-order valence-corrected chi connectivity index (χ3v) is 2.61. The number of halogens is 1. The number of hydrogen-bond donors (Lipinski definition) is 0. The first-order valence-electron chi connectivity index (χ1n) is 5.05. The van der Waals surface area contributed by atoms with Crippen LogP contribution in [0, 0.1) is 0 Å². The minimum Gasteiger partial charge on any atom is -0.319 e. The zero-order valence-electron chi connectivity index (χ0n) is 9.45. The van der Waals surface area contributed by atoms with Crippen molar-refractivity contribution in [2.24, 2.45) is 5.16 Å². The normalized spacial score (nSPS) is 10.8. The minimum absolute atomic E-state index is 0.482. The lowest BCUT2D eigenvalue weighted by Gasteiger charge is -2.00. The average molecular weight is 309 g/mol. The van der Waals surface area contributed by atoms with Gasteiger partial charge in [-0.05, 0) is 28.1 Å². The van der Waals surface area contributed by atoms with Crippen molar-refractivity contribution in [2.75, 3.05) is 0 Å². The van der Waals surface area contributed by atoms with E-state index in [-0.39, 0.29) is 0 Å². The van der Waals surface area contributed by atoms with Crippen molar-refractivity contribution >= 4 is 28.1 Å². The molecule has 7 heteroatoms. The zero-order chi connectivity index (χ0) is 13.0. The fourth-order valence-corrected chi connectivity index (χ4v) is 1.66. The standard InChI is InChI=1S/C11H9BrN4O2/c1-8(17)18-14-7-9-6-13-16(15-9)11-5-3-2-4-10(11)12/h2-7H,1H3/b14-7+. The summed E-state index contributed by atoms with van der Waals surface area (Å²) < 4.78 is 0.879. The van der Waals surface area contributed by atoms with Crippen molar-refractivity contribution in [1.29, 1.82) is 0 Å². The monoisotopic (exact) mass is 308 g/mol. The number of aromatic nitrogens is 3. The Morgan fingerprint density at radius 2 is 2.28 bits per heavy atom. The van der Waals surface area contributed by atoms with Crippen LogP contribution in [-0.4, -0.2) is 27.2 Å². The van der Waals surface area contributed by atoms with Gasteiger partial charge in [-0.3, -0.25) is 0 Å². The average Bonchev–Trinajstić information content (AvgIpc) is 2.78. The summed E-state index contributed by atoms with van der Waals surface area (Å²) in [5.41, 5.74) is 1.30. The van der Waals surface area contributed by atoms with Crippen LogP contribution >= 0.6 is 15.9 Å². The van der Waals surface area contributed by atoms with E-state index in [1.54, 1.807) is 0 Å². The largest absolute Gasteiger partial charge is 0.331 e. The van der Waals surface area contributed by atoms with Gasteiger partial charge >= 0.3 is 5.97 Å². The van der Waals surface area contributed by atoms with Crippen molar-refractivity contribution in [3.05, 3.63) is 40.6 Å². The second-order valence-corrected chi connectivity index (χ2v) is 4.18. The van der Waals surface area contributed by atoms with Gasteiger partial charge in [0.2, 0.25) is 0 Å². The predicted molar refractivity (Wildman–Crippen MR) is 68.4 cm³/mol. The molecule has 18 heavy (non-hydrogen) atoms. The second-order valence-electron chi connectivity index (χ2n) is 3.33. The number of oxime groups is 1. The summed E-state index contributed by atoms with van der Waals surface area (Å²) in [4.78, 5) is 16.4. The lowest BCUT2D eigenvalue weighted by molar-refractivity contribution is -0.140. The van der Waals surface area contributed by atoms with E-state index >= 15 is 0 Å². The number of para-hydroxylation sites is 1. The van der Waals surface area contributed by atoms with Crippen molar-refractivity contribution in [2.45, 2.75) is 6.92 Å². The van der Waals surface area contributed by atoms with Crippen LogP contribution in [0.5, 0.6) is 0 Å². The first kappa shape index (κ1) is 12.4. The summed E-state index contributed by atoms with van der Waals surface area (Å²) in [5, 5.41) is 11.7. The van der Waals surface area contributed by atoms with Crippen LogP contribution < -0.4 is 0 Å². The summed E-state index contributed by atoms with van der Waals surface area (Å²) in [5.74, 6) is -0.482. The smallest absolute Gasteiger partial charge is 0.319 e. The number of carbonyl (C=O) groups is 1. The highest BCUT2D eigenvalue weighted by atomic mass is 79.9. The van der Waals surface area contributed by atoms with Crippen LogP contribution in [0.25, 0.3) is 5.69 Å². The Hall–Kier alpha value is -2.02. The molecule has 0 atom stereocenters. The molecule has 0 aliphatic carbocycles. The molecule has 1 aromatic heterocycles. The van der Waals surface area contributed by atoms with Gasteiger partial charge in [-0.15, -0.1) is 9.90 Å².